The lowest BCUT2D eigenvalue weighted by atomic mass is 10.2. The van der Waals surface area contributed by atoms with Gasteiger partial charge in [-0.25, -0.2) is 4.99 Å². The van der Waals surface area contributed by atoms with E-state index in [-0.39, 0.29) is 0 Å². The van der Waals surface area contributed by atoms with Crippen LogP contribution < -0.4 is 21.0 Å². The van der Waals surface area contributed by atoms with E-state index in [9.17, 15) is 0 Å². The maximum absolute atomic E-state index is 5.89. The van der Waals surface area contributed by atoms with Crippen LogP contribution in [-0.4, -0.2) is 0 Å². The van der Waals surface area contributed by atoms with Crippen LogP contribution in [0, 0.1) is 0 Å². The number of hydrogen-bond donors (Lipinski definition) is 1. The van der Waals surface area contributed by atoms with Gasteiger partial charge < -0.3 is 10.5 Å². The van der Waals surface area contributed by atoms with Gasteiger partial charge in [0.15, 0.2) is 11.5 Å². The van der Waals surface area contributed by atoms with Crippen molar-refractivity contribution in [2.24, 2.45) is 4.99 Å². The van der Waals surface area contributed by atoms with E-state index in [1.165, 1.54) is 5.22 Å². The number of fused-ring (bicyclic) bond motifs is 2. The molecule has 3 heteroatoms. The van der Waals surface area contributed by atoms with Gasteiger partial charge in [0.1, 0.15) is 11.0 Å². The summed E-state index contributed by atoms with van der Waals surface area (Å²) in [6.07, 6.45) is 4.42. The highest BCUT2D eigenvalue weighted by Crippen LogP contribution is 2.34. The number of nitrogens with zero attached hydrogens (tertiary/aromatic N) is 1. The molecule has 1 heterocycles. The first kappa shape index (κ1) is 11.8. The van der Waals surface area contributed by atoms with Crippen molar-refractivity contribution in [3.8, 4) is 11.5 Å². The summed E-state index contributed by atoms with van der Waals surface area (Å²) in [5, 5.41) is 2.04. The van der Waals surface area contributed by atoms with Crippen LogP contribution in [0.4, 0.5) is 11.4 Å². The van der Waals surface area contributed by atoms with Crippen LogP contribution in [0.15, 0.2) is 41.4 Å². The standard InChI is InChI=1S/C16H16N2O/c1-2-3-4-11-5-7-13-15(9-11)19-16-10-12(17)6-8-14(16)18-13/h4-10H,2-3,17H2,1H3/b11-4-. The molecule has 0 atom stereocenters. The van der Waals surface area contributed by atoms with Gasteiger partial charge in [-0.2, -0.15) is 0 Å². The summed E-state index contributed by atoms with van der Waals surface area (Å²) >= 11 is 0. The van der Waals surface area contributed by atoms with Crippen molar-refractivity contribution in [3.05, 3.63) is 47.0 Å². The Hall–Kier alpha value is -2.29. The molecule has 3 rings (SSSR count). The van der Waals surface area contributed by atoms with Gasteiger partial charge in [0.25, 0.3) is 0 Å². The Kier molecular flexibility index (Phi) is 2.95. The molecule has 2 aromatic carbocycles. The normalized spacial score (nSPS) is 13.2. The second-order valence-electron chi connectivity index (χ2n) is 4.66. The number of nitrogens with two attached hydrogens (primary N) is 1. The molecule has 0 bridgehead atoms. The summed E-state index contributed by atoms with van der Waals surface area (Å²) in [5.41, 5.74) is 7.28. The second-order valence-corrected chi connectivity index (χ2v) is 4.66. The summed E-state index contributed by atoms with van der Waals surface area (Å²) in [6.45, 7) is 2.17. The number of rotatable bonds is 2. The third-order valence-electron chi connectivity index (χ3n) is 3.10. The molecule has 19 heavy (non-hydrogen) atoms. The molecule has 3 nitrogen and oxygen atoms in total. The van der Waals surface area contributed by atoms with Crippen molar-refractivity contribution in [1.29, 1.82) is 0 Å². The van der Waals surface area contributed by atoms with Gasteiger partial charge in [0, 0.05) is 11.8 Å². The number of benzene rings is 2. The molecule has 0 amide bonds. The molecule has 0 aliphatic carbocycles. The van der Waals surface area contributed by atoms with Gasteiger partial charge in [-0.3, -0.25) is 0 Å². The van der Waals surface area contributed by atoms with Gasteiger partial charge >= 0.3 is 0 Å². The van der Waals surface area contributed by atoms with E-state index in [0.717, 1.165) is 35.4 Å². The van der Waals surface area contributed by atoms with Crippen molar-refractivity contribution >= 4 is 17.5 Å². The molecule has 2 N–H and O–H groups in total. The molecule has 96 valence electrons. The summed E-state index contributed by atoms with van der Waals surface area (Å²) < 4.78 is 5.89. The van der Waals surface area contributed by atoms with Crippen LogP contribution in [0.1, 0.15) is 19.8 Å². The molecule has 0 fully saturated rings. The van der Waals surface area contributed by atoms with Gasteiger partial charge in [0.05, 0.1) is 0 Å². The molecular formula is C16H16N2O. The van der Waals surface area contributed by atoms with E-state index >= 15 is 0 Å². The zero-order valence-corrected chi connectivity index (χ0v) is 10.9. The molecule has 0 spiro atoms. The first-order chi connectivity index (χ1) is 9.26. The fourth-order valence-corrected chi connectivity index (χ4v) is 2.10. The van der Waals surface area contributed by atoms with E-state index < -0.39 is 0 Å². The van der Waals surface area contributed by atoms with Crippen molar-refractivity contribution in [2.45, 2.75) is 19.8 Å². The molecule has 0 saturated heterocycles. The fourth-order valence-electron chi connectivity index (χ4n) is 2.10. The van der Waals surface area contributed by atoms with Crippen molar-refractivity contribution < 1.29 is 4.74 Å². The largest absolute Gasteiger partial charge is 0.453 e. The lowest BCUT2D eigenvalue weighted by molar-refractivity contribution is 0.470. The smallest absolute Gasteiger partial charge is 0.155 e. The zero-order chi connectivity index (χ0) is 13.2. The van der Waals surface area contributed by atoms with E-state index in [4.69, 9.17) is 10.5 Å². The second kappa shape index (κ2) is 4.76. The first-order valence-electron chi connectivity index (χ1n) is 6.52. The minimum atomic E-state index is 0.686. The van der Waals surface area contributed by atoms with Crippen LogP contribution in [0.3, 0.4) is 0 Å². The molecule has 0 unspecified atom stereocenters. The lowest BCUT2D eigenvalue weighted by Gasteiger charge is -2.14. The molecule has 1 aliphatic heterocycles. The van der Waals surface area contributed by atoms with Crippen LogP contribution in [0.5, 0.6) is 11.5 Å². The third-order valence-corrected chi connectivity index (χ3v) is 3.10. The Morgan fingerprint density at radius 3 is 2.89 bits per heavy atom. The quantitative estimate of drug-likeness (QED) is 0.713. The average Bonchev–Trinajstić information content (AvgIpc) is 2.42. The highest BCUT2D eigenvalue weighted by Gasteiger charge is 2.11. The van der Waals surface area contributed by atoms with E-state index in [1.54, 1.807) is 0 Å². The predicted octanol–water partition coefficient (Wildman–Crippen LogP) is 2.91. The summed E-state index contributed by atoms with van der Waals surface area (Å²) in [4.78, 5) is 4.58. The lowest BCUT2D eigenvalue weighted by Crippen LogP contribution is -2.14. The molecule has 0 saturated carbocycles. The number of unbranched alkanes of at least 4 members (excludes halogenated alkanes) is 1. The number of anilines is 1. The third kappa shape index (κ3) is 2.32. The fraction of sp³-hybridized carbons (Fsp3) is 0.188. The molecular weight excluding hydrogens is 236 g/mol. The highest BCUT2D eigenvalue weighted by atomic mass is 16.5. The van der Waals surface area contributed by atoms with Crippen molar-refractivity contribution in [1.82, 2.24) is 0 Å². The minimum Gasteiger partial charge on any atom is -0.453 e. The molecule has 0 aromatic heterocycles. The topological polar surface area (TPSA) is 47.6 Å². The van der Waals surface area contributed by atoms with Gasteiger partial charge in [-0.15, -0.1) is 0 Å². The van der Waals surface area contributed by atoms with Gasteiger partial charge in [-0.1, -0.05) is 25.5 Å². The Balaban J connectivity index is 2.10. The Morgan fingerprint density at radius 2 is 2.05 bits per heavy atom. The SMILES string of the molecule is CCC/C=c1/ccc2c(c1)Oc1cc(N)ccc1N=2. The average molecular weight is 252 g/mol. The highest BCUT2D eigenvalue weighted by molar-refractivity contribution is 5.61. The molecule has 1 aliphatic rings. The predicted molar refractivity (Wildman–Crippen MR) is 77.2 cm³/mol. The Labute approximate surface area is 112 Å². The summed E-state index contributed by atoms with van der Waals surface area (Å²) in [6, 6.07) is 11.6. The van der Waals surface area contributed by atoms with Crippen LogP contribution in [-0.2, 0) is 0 Å². The van der Waals surface area contributed by atoms with E-state index in [0.29, 0.717) is 5.69 Å². The minimum absolute atomic E-state index is 0.686. The van der Waals surface area contributed by atoms with E-state index in [1.807, 2.05) is 30.3 Å². The first-order valence-corrected chi connectivity index (χ1v) is 6.52. The number of ether oxygens (including phenoxy) is 1. The van der Waals surface area contributed by atoms with Crippen LogP contribution in [0.25, 0.3) is 6.08 Å². The zero-order valence-electron chi connectivity index (χ0n) is 10.9. The van der Waals surface area contributed by atoms with Gasteiger partial charge in [-0.05, 0) is 35.9 Å². The molecule has 2 aromatic rings. The maximum Gasteiger partial charge on any atom is 0.155 e. The van der Waals surface area contributed by atoms with Crippen molar-refractivity contribution in [3.63, 3.8) is 0 Å². The number of hydrogen-bond acceptors (Lipinski definition) is 3. The Morgan fingerprint density at radius 1 is 1.16 bits per heavy atom. The van der Waals surface area contributed by atoms with E-state index in [2.05, 4.69) is 24.1 Å². The number of nitrogen functional groups attached to an aromatic ring is 1. The Bertz CT molecular complexity index is 735. The van der Waals surface area contributed by atoms with Crippen molar-refractivity contribution in [2.75, 3.05) is 5.73 Å². The maximum atomic E-state index is 5.89. The van der Waals surface area contributed by atoms with Crippen LogP contribution >= 0.6 is 0 Å². The summed E-state index contributed by atoms with van der Waals surface area (Å²) in [7, 11) is 0. The van der Waals surface area contributed by atoms with Crippen LogP contribution in [0.2, 0.25) is 0 Å². The summed E-state index contributed by atoms with van der Waals surface area (Å²) in [5.74, 6) is 1.52. The monoisotopic (exact) mass is 252 g/mol. The molecule has 0 radical (unpaired) electrons. The van der Waals surface area contributed by atoms with Gasteiger partial charge in [0.2, 0.25) is 0 Å².